The second-order valence-electron chi connectivity index (χ2n) is 7.32. The Balaban J connectivity index is 1.27. The van der Waals surface area contributed by atoms with E-state index in [1.54, 1.807) is 25.0 Å². The number of rotatable bonds is 7. The quantitative estimate of drug-likeness (QED) is 0.397. The van der Waals surface area contributed by atoms with Crippen molar-refractivity contribution in [3.63, 3.8) is 0 Å². The lowest BCUT2D eigenvalue weighted by Gasteiger charge is -2.29. The molecule has 0 spiro atoms. The molecule has 0 aliphatic carbocycles. The Kier molecular flexibility index (Phi) is 5.59. The van der Waals surface area contributed by atoms with Gasteiger partial charge in [0.2, 0.25) is 5.79 Å². The topological polar surface area (TPSA) is 63.3 Å². The number of aromatic nitrogens is 4. The van der Waals surface area contributed by atoms with Crippen LogP contribution in [0.3, 0.4) is 0 Å². The highest BCUT2D eigenvalue weighted by Crippen LogP contribution is 2.37. The molecule has 8 heteroatoms. The summed E-state index contributed by atoms with van der Waals surface area (Å²) in [7, 11) is 0. The zero-order valence-corrected chi connectivity index (χ0v) is 18.3. The normalized spacial score (nSPS) is 20.7. The van der Waals surface area contributed by atoms with Crippen LogP contribution in [-0.4, -0.2) is 38.4 Å². The van der Waals surface area contributed by atoms with Crippen molar-refractivity contribution in [3.8, 4) is 11.4 Å². The molecule has 4 aromatic rings. The van der Waals surface area contributed by atoms with E-state index in [1.165, 1.54) is 0 Å². The first kappa shape index (κ1) is 20.0. The number of benzene rings is 2. The van der Waals surface area contributed by atoms with Gasteiger partial charge in [0, 0.05) is 40.5 Å². The zero-order valence-electron chi connectivity index (χ0n) is 16.7. The van der Waals surface area contributed by atoms with E-state index in [9.17, 15) is 0 Å². The number of nitrogens with zero attached hydrogens (tertiary/aromatic N) is 4. The van der Waals surface area contributed by atoms with Gasteiger partial charge in [-0.25, -0.2) is 9.97 Å². The van der Waals surface area contributed by atoms with E-state index in [0.29, 0.717) is 19.8 Å². The van der Waals surface area contributed by atoms with Crippen LogP contribution in [0.15, 0.2) is 90.4 Å². The third-order valence-electron chi connectivity index (χ3n) is 5.17. The molecule has 2 unspecified atom stereocenters. The second kappa shape index (κ2) is 8.66. The van der Waals surface area contributed by atoms with E-state index in [-0.39, 0.29) is 6.10 Å². The first-order chi connectivity index (χ1) is 15.2. The Morgan fingerprint density at radius 2 is 1.77 bits per heavy atom. The molecule has 158 valence electrons. The molecule has 5 rings (SSSR count). The largest absolute Gasteiger partial charge is 0.491 e. The molecule has 2 aromatic heterocycles. The average Bonchev–Trinajstić information content (AvgIpc) is 3.57. The second-order valence-corrected chi connectivity index (χ2v) is 8.24. The molecule has 31 heavy (non-hydrogen) atoms. The summed E-state index contributed by atoms with van der Waals surface area (Å²) >= 11 is 3.49. The Morgan fingerprint density at radius 1 is 1.00 bits per heavy atom. The maximum Gasteiger partial charge on any atom is 0.214 e. The zero-order chi connectivity index (χ0) is 21.1. The molecule has 1 aliphatic heterocycles. The molecule has 0 saturated carbocycles. The van der Waals surface area contributed by atoms with Gasteiger partial charge in [-0.05, 0) is 36.4 Å². The fourth-order valence-electron chi connectivity index (χ4n) is 3.61. The van der Waals surface area contributed by atoms with Crippen LogP contribution >= 0.6 is 15.9 Å². The van der Waals surface area contributed by atoms with E-state index in [1.807, 2.05) is 70.1 Å². The highest BCUT2D eigenvalue weighted by atomic mass is 79.9. The van der Waals surface area contributed by atoms with Crippen LogP contribution in [0.5, 0.6) is 5.75 Å². The molecule has 0 bridgehead atoms. The van der Waals surface area contributed by atoms with Crippen molar-refractivity contribution in [2.24, 2.45) is 0 Å². The van der Waals surface area contributed by atoms with Gasteiger partial charge in [-0.15, -0.1) is 0 Å². The number of hydrogen-bond acceptors (Lipinski definition) is 5. The summed E-state index contributed by atoms with van der Waals surface area (Å²) in [6.45, 7) is 1.34. The maximum absolute atomic E-state index is 6.43. The van der Waals surface area contributed by atoms with Crippen molar-refractivity contribution >= 4 is 15.9 Å². The van der Waals surface area contributed by atoms with E-state index in [2.05, 4.69) is 25.9 Å². The summed E-state index contributed by atoms with van der Waals surface area (Å²) in [5, 5.41) is 0. The third kappa shape index (κ3) is 4.41. The van der Waals surface area contributed by atoms with Crippen LogP contribution in [0.2, 0.25) is 0 Å². The van der Waals surface area contributed by atoms with Crippen LogP contribution in [-0.2, 0) is 21.8 Å². The van der Waals surface area contributed by atoms with Gasteiger partial charge >= 0.3 is 0 Å². The smallest absolute Gasteiger partial charge is 0.214 e. The SMILES string of the molecule is Brc1ccc(C2(Cn3ccnc3)OCC(COc3ccc(-n4ccnc4)cc3)O2)cc1. The number of imidazole rings is 2. The van der Waals surface area contributed by atoms with Crippen molar-refractivity contribution < 1.29 is 14.2 Å². The molecule has 1 saturated heterocycles. The summed E-state index contributed by atoms with van der Waals surface area (Å²) in [5.74, 6) is -0.107. The molecule has 7 nitrogen and oxygen atoms in total. The van der Waals surface area contributed by atoms with Crippen LogP contribution in [0, 0.1) is 0 Å². The fourth-order valence-corrected chi connectivity index (χ4v) is 3.88. The summed E-state index contributed by atoms with van der Waals surface area (Å²) in [5.41, 5.74) is 1.98. The first-order valence-electron chi connectivity index (χ1n) is 9.95. The Bertz CT molecular complexity index is 1100. The minimum absolute atomic E-state index is 0.194. The van der Waals surface area contributed by atoms with Crippen molar-refractivity contribution in [1.82, 2.24) is 19.1 Å². The molecule has 0 N–H and O–H groups in total. The number of ether oxygens (including phenoxy) is 3. The summed E-state index contributed by atoms with van der Waals surface area (Å²) < 4.78 is 23.6. The van der Waals surface area contributed by atoms with Gasteiger partial charge in [0.05, 0.1) is 25.8 Å². The lowest BCUT2D eigenvalue weighted by Crippen LogP contribution is -2.34. The van der Waals surface area contributed by atoms with Crippen molar-refractivity contribution in [2.45, 2.75) is 18.4 Å². The number of hydrogen-bond donors (Lipinski definition) is 0. The molecule has 1 fully saturated rings. The fraction of sp³-hybridized carbons (Fsp3) is 0.217. The third-order valence-corrected chi connectivity index (χ3v) is 5.70. The molecule has 3 heterocycles. The highest BCUT2D eigenvalue weighted by Gasteiger charge is 2.44. The van der Waals surface area contributed by atoms with Gasteiger partial charge < -0.3 is 23.3 Å². The minimum Gasteiger partial charge on any atom is -0.491 e. The maximum atomic E-state index is 6.43. The minimum atomic E-state index is -0.888. The van der Waals surface area contributed by atoms with Gasteiger partial charge in [0.25, 0.3) is 0 Å². The van der Waals surface area contributed by atoms with Crippen LogP contribution < -0.4 is 4.74 Å². The number of halogens is 1. The van der Waals surface area contributed by atoms with Crippen LogP contribution in [0.4, 0.5) is 0 Å². The van der Waals surface area contributed by atoms with Gasteiger partial charge in [-0.3, -0.25) is 0 Å². The molecular formula is C23H21BrN4O3. The summed E-state index contributed by atoms with van der Waals surface area (Å²) in [4.78, 5) is 8.21. The predicted molar refractivity (Wildman–Crippen MR) is 118 cm³/mol. The van der Waals surface area contributed by atoms with Gasteiger partial charge in [0.15, 0.2) is 0 Å². The van der Waals surface area contributed by atoms with E-state index < -0.39 is 5.79 Å². The van der Waals surface area contributed by atoms with E-state index >= 15 is 0 Å². The van der Waals surface area contributed by atoms with Gasteiger partial charge in [-0.1, -0.05) is 28.1 Å². The standard InChI is InChI=1S/C23H21BrN4O3/c24-19-3-1-18(2-4-19)23(15-27-11-9-25-16-27)30-14-22(31-23)13-29-21-7-5-20(6-8-21)28-12-10-26-17-28/h1-12,16-17,22H,13-15H2. The van der Waals surface area contributed by atoms with Crippen LogP contribution in [0.25, 0.3) is 5.69 Å². The van der Waals surface area contributed by atoms with Crippen LogP contribution in [0.1, 0.15) is 5.56 Å². The Hall–Kier alpha value is -2.94. The highest BCUT2D eigenvalue weighted by molar-refractivity contribution is 9.10. The van der Waals surface area contributed by atoms with Gasteiger partial charge in [0.1, 0.15) is 18.5 Å². The molecule has 0 amide bonds. The first-order valence-corrected chi connectivity index (χ1v) is 10.7. The molecule has 1 aliphatic rings. The lowest BCUT2D eigenvalue weighted by molar-refractivity contribution is -0.189. The summed E-state index contributed by atoms with van der Waals surface area (Å²) in [6.07, 6.45) is 10.6. The van der Waals surface area contributed by atoms with E-state index in [0.717, 1.165) is 21.5 Å². The van der Waals surface area contributed by atoms with Crippen molar-refractivity contribution in [3.05, 3.63) is 96.0 Å². The molecule has 2 aromatic carbocycles. The van der Waals surface area contributed by atoms with Crippen molar-refractivity contribution in [2.75, 3.05) is 13.2 Å². The van der Waals surface area contributed by atoms with Crippen molar-refractivity contribution in [1.29, 1.82) is 0 Å². The molecular weight excluding hydrogens is 460 g/mol. The monoisotopic (exact) mass is 480 g/mol. The Labute approximate surface area is 188 Å². The Morgan fingerprint density at radius 3 is 2.48 bits per heavy atom. The summed E-state index contributed by atoms with van der Waals surface area (Å²) in [6, 6.07) is 15.9. The predicted octanol–water partition coefficient (Wildman–Crippen LogP) is 4.18. The molecule has 2 atom stereocenters. The lowest BCUT2D eigenvalue weighted by atomic mass is 10.1. The van der Waals surface area contributed by atoms with Gasteiger partial charge in [-0.2, -0.15) is 0 Å². The van der Waals surface area contributed by atoms with E-state index in [4.69, 9.17) is 14.2 Å². The average molecular weight is 481 g/mol. The molecule has 0 radical (unpaired) electrons.